The average molecular weight is 404 g/mol. The molecule has 0 bridgehead atoms. The Balaban J connectivity index is 1.43. The lowest BCUT2D eigenvalue weighted by molar-refractivity contribution is -0.140. The highest BCUT2D eigenvalue weighted by Gasteiger charge is 2.61. The van der Waals surface area contributed by atoms with Crippen molar-refractivity contribution in [2.75, 3.05) is 6.61 Å². The first kappa shape index (κ1) is 19.2. The minimum absolute atomic E-state index is 0.0640. The molecule has 1 aromatic rings. The van der Waals surface area contributed by atoms with Gasteiger partial charge in [-0.25, -0.2) is 14.6 Å². The Hall–Kier alpha value is -2.18. The first-order chi connectivity index (χ1) is 13.4. The molecule has 2 saturated heterocycles. The fourth-order valence-corrected chi connectivity index (χ4v) is 4.10. The Morgan fingerprint density at radius 1 is 1.46 bits per heavy atom. The zero-order valence-corrected chi connectivity index (χ0v) is 16.4. The molecule has 6 nitrogen and oxygen atoms in total. The van der Waals surface area contributed by atoms with Gasteiger partial charge in [0.15, 0.2) is 0 Å². The van der Waals surface area contributed by atoms with E-state index in [1.807, 2.05) is 6.92 Å². The molecular weight excluding hydrogens is 382 g/mol. The lowest BCUT2D eigenvalue weighted by Gasteiger charge is -2.20. The number of carbonyl (C=O) groups is 2. The van der Waals surface area contributed by atoms with Gasteiger partial charge in [-0.2, -0.15) is 0 Å². The van der Waals surface area contributed by atoms with E-state index < -0.39 is 5.97 Å². The largest absolute Gasteiger partial charge is 0.458 e. The third kappa shape index (κ3) is 3.71. The van der Waals surface area contributed by atoms with Gasteiger partial charge < -0.3 is 14.2 Å². The SMILES string of the molecule is C=C1C(=O)O[C@H]2[C@H]1CC/C(COC(=O)c1ccc(Cl)nc1)=C\CC[C@@]1(C)O[C@@H]21. The fourth-order valence-electron chi connectivity index (χ4n) is 3.99. The van der Waals surface area contributed by atoms with Gasteiger partial charge in [0.1, 0.15) is 24.0 Å². The van der Waals surface area contributed by atoms with Gasteiger partial charge in [-0.3, -0.25) is 0 Å². The van der Waals surface area contributed by atoms with E-state index in [1.54, 1.807) is 12.1 Å². The molecule has 0 amide bonds. The number of hydrogen-bond acceptors (Lipinski definition) is 6. The highest BCUT2D eigenvalue weighted by atomic mass is 35.5. The number of esters is 2. The molecule has 4 atom stereocenters. The normalized spacial score (nSPS) is 33.8. The molecule has 0 N–H and O–H groups in total. The van der Waals surface area contributed by atoms with Crippen molar-refractivity contribution in [2.24, 2.45) is 5.92 Å². The van der Waals surface area contributed by atoms with Crippen molar-refractivity contribution in [1.82, 2.24) is 4.98 Å². The van der Waals surface area contributed by atoms with Crippen molar-refractivity contribution in [2.45, 2.75) is 50.4 Å². The summed E-state index contributed by atoms with van der Waals surface area (Å²) in [6.07, 6.45) is 6.21. The molecule has 0 unspecified atom stereocenters. The highest BCUT2D eigenvalue weighted by Crippen LogP contribution is 2.49. The van der Waals surface area contributed by atoms with Crippen LogP contribution in [-0.4, -0.2) is 41.3 Å². The quantitative estimate of drug-likeness (QED) is 0.252. The summed E-state index contributed by atoms with van der Waals surface area (Å²) >= 11 is 5.75. The highest BCUT2D eigenvalue weighted by molar-refractivity contribution is 6.29. The van der Waals surface area contributed by atoms with Crippen LogP contribution in [0.3, 0.4) is 0 Å². The van der Waals surface area contributed by atoms with E-state index in [1.165, 1.54) is 6.20 Å². The van der Waals surface area contributed by atoms with Crippen molar-refractivity contribution < 1.29 is 23.8 Å². The summed E-state index contributed by atoms with van der Waals surface area (Å²) in [6, 6.07) is 3.14. The third-order valence-electron chi connectivity index (χ3n) is 5.79. The number of nitrogens with zero attached hydrogens (tertiary/aromatic N) is 1. The van der Waals surface area contributed by atoms with Crippen LogP contribution in [-0.2, 0) is 19.0 Å². The van der Waals surface area contributed by atoms with Crippen LogP contribution in [0.2, 0.25) is 5.15 Å². The number of rotatable bonds is 3. The molecule has 148 valence electrons. The number of epoxide rings is 1. The second-order valence-corrected chi connectivity index (χ2v) is 8.13. The number of hydrogen-bond donors (Lipinski definition) is 0. The predicted molar refractivity (Wildman–Crippen MR) is 102 cm³/mol. The number of fused-ring (bicyclic) bond motifs is 3. The van der Waals surface area contributed by atoms with Gasteiger partial charge in [-0.05, 0) is 50.3 Å². The molecule has 4 rings (SSSR count). The van der Waals surface area contributed by atoms with Crippen molar-refractivity contribution >= 4 is 23.5 Å². The zero-order chi connectivity index (χ0) is 19.9. The second kappa shape index (κ2) is 7.33. The van der Waals surface area contributed by atoms with Gasteiger partial charge in [0.2, 0.25) is 0 Å². The fraction of sp³-hybridized carbons (Fsp3) is 0.476. The van der Waals surface area contributed by atoms with E-state index in [9.17, 15) is 9.59 Å². The summed E-state index contributed by atoms with van der Waals surface area (Å²) in [7, 11) is 0. The van der Waals surface area contributed by atoms with Crippen molar-refractivity contribution in [1.29, 1.82) is 0 Å². The molecule has 28 heavy (non-hydrogen) atoms. The molecule has 0 radical (unpaired) electrons. The molecule has 3 heterocycles. The van der Waals surface area contributed by atoms with Crippen LogP contribution in [0.1, 0.15) is 43.0 Å². The summed E-state index contributed by atoms with van der Waals surface area (Å²) in [4.78, 5) is 28.1. The maximum atomic E-state index is 12.2. The van der Waals surface area contributed by atoms with Gasteiger partial charge >= 0.3 is 11.9 Å². The van der Waals surface area contributed by atoms with Crippen LogP contribution >= 0.6 is 11.6 Å². The number of aromatic nitrogens is 1. The Morgan fingerprint density at radius 3 is 3.04 bits per heavy atom. The molecule has 3 aliphatic rings. The van der Waals surface area contributed by atoms with Crippen LogP contribution in [0, 0.1) is 5.92 Å². The molecule has 7 heteroatoms. The van der Waals surface area contributed by atoms with Crippen LogP contribution in [0.4, 0.5) is 0 Å². The smallest absolute Gasteiger partial charge is 0.340 e. The van der Waals surface area contributed by atoms with E-state index in [2.05, 4.69) is 17.6 Å². The van der Waals surface area contributed by atoms with Gasteiger partial charge in [0, 0.05) is 17.7 Å². The lowest BCUT2D eigenvalue weighted by atomic mass is 9.84. The number of halogens is 1. The summed E-state index contributed by atoms with van der Waals surface area (Å²) in [5.74, 6) is -0.849. The molecule has 0 saturated carbocycles. The van der Waals surface area contributed by atoms with E-state index >= 15 is 0 Å². The molecule has 0 aromatic carbocycles. The molecular formula is C21H22ClNO5. The first-order valence-corrected chi connectivity index (χ1v) is 9.79. The number of allylic oxidation sites excluding steroid dienone is 1. The predicted octanol–water partition coefficient (Wildman–Crippen LogP) is 3.65. The number of pyridine rings is 1. The number of carbonyl (C=O) groups excluding carboxylic acids is 2. The minimum atomic E-state index is -0.443. The molecule has 2 fully saturated rings. The first-order valence-electron chi connectivity index (χ1n) is 9.41. The van der Waals surface area contributed by atoms with Crippen LogP contribution in [0.15, 0.2) is 42.1 Å². The van der Waals surface area contributed by atoms with Crippen LogP contribution < -0.4 is 0 Å². The van der Waals surface area contributed by atoms with Gasteiger partial charge in [-0.1, -0.05) is 24.3 Å². The van der Waals surface area contributed by atoms with Crippen LogP contribution in [0.5, 0.6) is 0 Å². The summed E-state index contributed by atoms with van der Waals surface area (Å²) in [6.45, 7) is 6.16. The standard InChI is InChI=1S/C21H22ClNO5/c1-12-15-7-5-13(11-26-20(25)14-6-8-16(22)23-10-14)4-3-9-21(2)18(28-21)17(15)27-19(12)24/h4,6,8,10,15,17-18H,1,3,5,7,9,11H2,2H3/b13-4+/t15-,17-,18-,21+/m0/s1. The Kier molecular flexibility index (Phi) is 5.02. The lowest BCUT2D eigenvalue weighted by Crippen LogP contribution is -2.29. The monoisotopic (exact) mass is 403 g/mol. The average Bonchev–Trinajstić information content (AvgIpc) is 3.26. The second-order valence-electron chi connectivity index (χ2n) is 7.74. The van der Waals surface area contributed by atoms with Gasteiger partial charge in [0.25, 0.3) is 0 Å². The molecule has 2 aliphatic heterocycles. The molecule has 0 spiro atoms. The number of ether oxygens (including phenoxy) is 3. The van der Waals surface area contributed by atoms with E-state index in [-0.39, 0.29) is 36.3 Å². The topological polar surface area (TPSA) is 78.0 Å². The summed E-state index contributed by atoms with van der Waals surface area (Å²) in [5.41, 5.74) is 1.60. The zero-order valence-electron chi connectivity index (χ0n) is 15.7. The van der Waals surface area contributed by atoms with Crippen molar-refractivity contribution in [3.63, 3.8) is 0 Å². The maximum absolute atomic E-state index is 12.2. The van der Waals surface area contributed by atoms with Gasteiger partial charge in [0.05, 0.1) is 11.2 Å². The van der Waals surface area contributed by atoms with Crippen LogP contribution in [0.25, 0.3) is 0 Å². The van der Waals surface area contributed by atoms with Gasteiger partial charge in [-0.15, -0.1) is 0 Å². The van der Waals surface area contributed by atoms with E-state index in [4.69, 9.17) is 25.8 Å². The third-order valence-corrected chi connectivity index (χ3v) is 6.01. The Labute approximate surface area is 168 Å². The summed E-state index contributed by atoms with van der Waals surface area (Å²) < 4.78 is 16.9. The van der Waals surface area contributed by atoms with E-state index in [0.717, 1.165) is 18.4 Å². The molecule has 1 aliphatic carbocycles. The maximum Gasteiger partial charge on any atom is 0.340 e. The molecule has 1 aromatic heterocycles. The summed E-state index contributed by atoms with van der Waals surface area (Å²) in [5, 5.41) is 0.323. The van der Waals surface area contributed by atoms with E-state index in [0.29, 0.717) is 29.1 Å². The Morgan fingerprint density at radius 2 is 2.29 bits per heavy atom. The van der Waals surface area contributed by atoms with Crippen molar-refractivity contribution in [3.8, 4) is 0 Å². The Bertz CT molecular complexity index is 849. The van der Waals surface area contributed by atoms with Crippen molar-refractivity contribution in [3.05, 3.63) is 52.8 Å². The minimum Gasteiger partial charge on any atom is -0.458 e.